The van der Waals surface area contributed by atoms with Crippen LogP contribution in [0.15, 0.2) is 47.4 Å². The minimum Gasteiger partial charge on any atom is -0.462 e. The maximum atomic E-state index is 13.1. The van der Waals surface area contributed by atoms with E-state index in [2.05, 4.69) is 0 Å². The van der Waals surface area contributed by atoms with Crippen LogP contribution >= 0.6 is 0 Å². The summed E-state index contributed by atoms with van der Waals surface area (Å²) in [6.07, 6.45) is 0. The van der Waals surface area contributed by atoms with Crippen LogP contribution in [0.25, 0.3) is 0 Å². The summed E-state index contributed by atoms with van der Waals surface area (Å²) >= 11 is 0. The van der Waals surface area contributed by atoms with Gasteiger partial charge in [-0.3, -0.25) is 0 Å². The normalized spacial score (nSPS) is 11.1. The first-order valence-electron chi connectivity index (χ1n) is 6.49. The van der Waals surface area contributed by atoms with Crippen LogP contribution in [0.3, 0.4) is 0 Å². The minimum absolute atomic E-state index is 0.109. The predicted molar refractivity (Wildman–Crippen MR) is 76.6 cm³/mol. The molecular weight excluding hydrogens is 330 g/mol. The van der Waals surface area contributed by atoms with E-state index in [1.807, 2.05) is 0 Å². The molecule has 2 aromatic carbocycles. The van der Waals surface area contributed by atoms with Crippen LogP contribution in [0.5, 0.6) is 5.75 Å². The minimum atomic E-state index is -4.40. The molecule has 0 N–H and O–H groups in total. The van der Waals surface area contributed by atoms with Crippen LogP contribution < -0.4 is 4.18 Å². The number of hydrogen-bond donors (Lipinski definition) is 0. The van der Waals surface area contributed by atoms with Gasteiger partial charge in [0.1, 0.15) is 22.3 Å². The number of carbonyl (C=O) groups is 1. The Morgan fingerprint density at radius 2 is 1.61 bits per heavy atom. The molecule has 0 radical (unpaired) electrons. The molecule has 0 bridgehead atoms. The summed E-state index contributed by atoms with van der Waals surface area (Å²) in [5.41, 5.74) is 0.216. The second-order valence-corrected chi connectivity index (χ2v) is 5.93. The molecule has 0 amide bonds. The molecule has 0 atom stereocenters. The molecule has 2 aromatic rings. The first-order chi connectivity index (χ1) is 10.8. The van der Waals surface area contributed by atoms with Crippen molar-refractivity contribution in [2.45, 2.75) is 11.8 Å². The average molecular weight is 342 g/mol. The fraction of sp³-hybridized carbons (Fsp3) is 0.133. The van der Waals surface area contributed by atoms with Gasteiger partial charge in [-0.05, 0) is 43.3 Å². The average Bonchev–Trinajstić information content (AvgIpc) is 2.47. The Bertz CT molecular complexity index is 796. The third-order valence-electron chi connectivity index (χ3n) is 2.70. The first kappa shape index (κ1) is 16.9. The van der Waals surface area contributed by atoms with Crippen LogP contribution in [-0.4, -0.2) is 21.0 Å². The quantitative estimate of drug-likeness (QED) is 0.617. The molecule has 0 aliphatic rings. The highest BCUT2D eigenvalue weighted by atomic mass is 32.2. The van der Waals surface area contributed by atoms with Crippen LogP contribution in [0.2, 0.25) is 0 Å². The van der Waals surface area contributed by atoms with E-state index in [0.717, 1.165) is 0 Å². The SMILES string of the molecule is CCOC(=O)c1ccc(OS(=O)(=O)c2cc(F)cc(F)c2)cc1. The van der Waals surface area contributed by atoms with Crippen molar-refractivity contribution in [1.29, 1.82) is 0 Å². The van der Waals surface area contributed by atoms with Gasteiger partial charge in [-0.2, -0.15) is 8.42 Å². The Morgan fingerprint density at radius 1 is 1.04 bits per heavy atom. The van der Waals surface area contributed by atoms with E-state index in [1.54, 1.807) is 6.92 Å². The molecule has 2 rings (SSSR count). The lowest BCUT2D eigenvalue weighted by molar-refractivity contribution is 0.0526. The number of halogens is 2. The zero-order valence-electron chi connectivity index (χ0n) is 12.0. The number of hydrogen-bond acceptors (Lipinski definition) is 5. The highest BCUT2D eigenvalue weighted by molar-refractivity contribution is 7.87. The van der Waals surface area contributed by atoms with Gasteiger partial charge < -0.3 is 8.92 Å². The zero-order valence-corrected chi connectivity index (χ0v) is 12.8. The van der Waals surface area contributed by atoms with Crippen molar-refractivity contribution in [3.8, 4) is 5.75 Å². The topological polar surface area (TPSA) is 69.7 Å². The molecule has 0 saturated carbocycles. The summed E-state index contributed by atoms with van der Waals surface area (Å²) in [6, 6.07) is 6.94. The van der Waals surface area contributed by atoms with E-state index in [-0.39, 0.29) is 17.9 Å². The Labute approximate surface area is 131 Å². The van der Waals surface area contributed by atoms with Gasteiger partial charge in [-0.1, -0.05) is 0 Å². The fourth-order valence-electron chi connectivity index (χ4n) is 1.71. The summed E-state index contributed by atoms with van der Waals surface area (Å²) < 4.78 is 59.7. The van der Waals surface area contributed by atoms with Crippen molar-refractivity contribution in [1.82, 2.24) is 0 Å². The Hall–Kier alpha value is -2.48. The van der Waals surface area contributed by atoms with E-state index in [9.17, 15) is 22.0 Å². The lowest BCUT2D eigenvalue weighted by Gasteiger charge is -2.08. The third kappa shape index (κ3) is 4.26. The van der Waals surface area contributed by atoms with Crippen LogP contribution in [0, 0.1) is 11.6 Å². The second kappa shape index (κ2) is 6.74. The van der Waals surface area contributed by atoms with E-state index < -0.39 is 32.6 Å². The summed E-state index contributed by atoms with van der Waals surface area (Å²) in [5.74, 6) is -2.74. The summed E-state index contributed by atoms with van der Waals surface area (Å²) in [7, 11) is -4.40. The Kier molecular flexibility index (Phi) is 4.95. The molecule has 8 heteroatoms. The van der Waals surface area contributed by atoms with Gasteiger partial charge in [0.25, 0.3) is 0 Å². The third-order valence-corrected chi connectivity index (χ3v) is 3.92. The van der Waals surface area contributed by atoms with Gasteiger partial charge in [-0.15, -0.1) is 0 Å². The molecule has 122 valence electrons. The Balaban J connectivity index is 2.22. The number of rotatable bonds is 5. The van der Waals surface area contributed by atoms with Crippen molar-refractivity contribution >= 4 is 16.1 Å². The first-order valence-corrected chi connectivity index (χ1v) is 7.90. The molecular formula is C15H12F2O5S. The molecule has 0 heterocycles. The zero-order chi connectivity index (χ0) is 17.0. The van der Waals surface area contributed by atoms with Crippen molar-refractivity contribution < 1.29 is 30.9 Å². The van der Waals surface area contributed by atoms with Gasteiger partial charge >= 0.3 is 16.1 Å². The molecule has 0 unspecified atom stereocenters. The lowest BCUT2D eigenvalue weighted by atomic mass is 10.2. The number of benzene rings is 2. The van der Waals surface area contributed by atoms with Crippen LogP contribution in [-0.2, 0) is 14.9 Å². The van der Waals surface area contributed by atoms with Gasteiger partial charge in [0.05, 0.1) is 12.2 Å². The fourth-order valence-corrected chi connectivity index (χ4v) is 2.68. The van der Waals surface area contributed by atoms with Crippen molar-refractivity contribution in [2.75, 3.05) is 6.61 Å². The molecule has 5 nitrogen and oxygen atoms in total. The second-order valence-electron chi connectivity index (χ2n) is 4.39. The predicted octanol–water partition coefficient (Wildman–Crippen LogP) is 2.91. The van der Waals surface area contributed by atoms with Crippen molar-refractivity contribution in [3.05, 3.63) is 59.7 Å². The molecule has 0 fully saturated rings. The highest BCUT2D eigenvalue weighted by Crippen LogP contribution is 2.21. The van der Waals surface area contributed by atoms with E-state index in [0.29, 0.717) is 18.2 Å². The van der Waals surface area contributed by atoms with E-state index >= 15 is 0 Å². The standard InChI is InChI=1S/C15H12F2O5S/c1-2-21-15(18)10-3-5-13(6-4-10)22-23(19,20)14-8-11(16)7-12(17)9-14/h3-9H,2H2,1H3. The number of carbonyl (C=O) groups excluding carboxylic acids is 1. The number of ether oxygens (including phenoxy) is 1. The molecule has 0 aliphatic heterocycles. The van der Waals surface area contributed by atoms with Crippen LogP contribution in [0.4, 0.5) is 8.78 Å². The van der Waals surface area contributed by atoms with E-state index in [1.165, 1.54) is 24.3 Å². The highest BCUT2D eigenvalue weighted by Gasteiger charge is 2.19. The lowest BCUT2D eigenvalue weighted by Crippen LogP contribution is -2.11. The molecule has 0 saturated heterocycles. The van der Waals surface area contributed by atoms with Crippen LogP contribution in [0.1, 0.15) is 17.3 Å². The smallest absolute Gasteiger partial charge is 0.339 e. The molecule has 0 aliphatic carbocycles. The monoisotopic (exact) mass is 342 g/mol. The number of esters is 1. The Morgan fingerprint density at radius 3 is 2.13 bits per heavy atom. The maximum Gasteiger partial charge on any atom is 0.339 e. The van der Waals surface area contributed by atoms with Crippen molar-refractivity contribution in [2.24, 2.45) is 0 Å². The van der Waals surface area contributed by atoms with Gasteiger partial charge in [-0.25, -0.2) is 13.6 Å². The molecule has 0 spiro atoms. The van der Waals surface area contributed by atoms with E-state index in [4.69, 9.17) is 8.92 Å². The van der Waals surface area contributed by atoms with Gasteiger partial charge in [0.15, 0.2) is 0 Å². The van der Waals surface area contributed by atoms with Crippen molar-refractivity contribution in [3.63, 3.8) is 0 Å². The summed E-state index contributed by atoms with van der Waals surface area (Å²) in [4.78, 5) is 10.8. The van der Waals surface area contributed by atoms with Gasteiger partial charge in [0.2, 0.25) is 0 Å². The molecule has 23 heavy (non-hydrogen) atoms. The largest absolute Gasteiger partial charge is 0.462 e. The maximum absolute atomic E-state index is 13.1. The van der Waals surface area contributed by atoms with Gasteiger partial charge in [0, 0.05) is 6.07 Å². The summed E-state index contributed by atoms with van der Waals surface area (Å²) in [6.45, 7) is 1.86. The summed E-state index contributed by atoms with van der Waals surface area (Å²) in [5, 5.41) is 0. The molecule has 0 aromatic heterocycles.